The van der Waals surface area contributed by atoms with Crippen LogP contribution in [0.1, 0.15) is 27.4 Å². The Morgan fingerprint density at radius 1 is 0.857 bits per heavy atom. The van der Waals surface area contributed by atoms with E-state index >= 15 is 0 Å². The fraction of sp³-hybridized carbons (Fsp3) is 0.125. The lowest BCUT2D eigenvalue weighted by Crippen LogP contribution is -2.28. The largest absolute Gasteiger partial charge is 0.481 e. The van der Waals surface area contributed by atoms with Crippen LogP contribution in [0.2, 0.25) is 0 Å². The number of ether oxygens (including phenoxy) is 3. The monoisotopic (exact) mass is 370 g/mol. The van der Waals surface area contributed by atoms with E-state index in [-0.39, 0.29) is 18.5 Å². The molecule has 0 bridgehead atoms. The van der Waals surface area contributed by atoms with Gasteiger partial charge in [0.2, 0.25) is 12.6 Å². The molecule has 3 aromatic carbocycles. The van der Waals surface area contributed by atoms with Crippen LogP contribution in [0.4, 0.5) is 0 Å². The summed E-state index contributed by atoms with van der Waals surface area (Å²) in [5, 5.41) is 0. The van der Waals surface area contributed by atoms with Crippen molar-refractivity contribution in [3.8, 4) is 17.2 Å². The Morgan fingerprint density at radius 2 is 1.54 bits per heavy atom. The summed E-state index contributed by atoms with van der Waals surface area (Å²) in [4.78, 5) is 13.2. The highest BCUT2D eigenvalue weighted by Gasteiger charge is 2.39. The lowest BCUT2D eigenvalue weighted by atomic mass is 9.89. The SMILES string of the molecule is O=C(c1ccccc1)[C@@H]1Oc2cc3c(cc2[C@H]1/C=C/c1ccccc1)OCO3. The molecule has 0 amide bonds. The van der Waals surface area contributed by atoms with Crippen LogP contribution in [0.15, 0.2) is 78.9 Å². The van der Waals surface area contributed by atoms with Crippen LogP contribution in [0, 0.1) is 0 Å². The molecule has 4 heteroatoms. The number of ketones is 1. The van der Waals surface area contributed by atoms with Crippen LogP contribution >= 0.6 is 0 Å². The van der Waals surface area contributed by atoms with Gasteiger partial charge in [0.1, 0.15) is 5.75 Å². The minimum Gasteiger partial charge on any atom is -0.481 e. The van der Waals surface area contributed by atoms with Crippen molar-refractivity contribution in [3.05, 3.63) is 95.6 Å². The van der Waals surface area contributed by atoms with Crippen molar-refractivity contribution in [2.24, 2.45) is 0 Å². The summed E-state index contributed by atoms with van der Waals surface area (Å²) in [5.74, 6) is 1.76. The van der Waals surface area contributed by atoms with Crippen LogP contribution in [0.5, 0.6) is 17.2 Å². The third kappa shape index (κ3) is 2.93. The first-order chi connectivity index (χ1) is 13.8. The van der Waals surface area contributed by atoms with Gasteiger partial charge in [0.05, 0.1) is 5.92 Å². The number of hydrogen-bond donors (Lipinski definition) is 0. The zero-order valence-corrected chi connectivity index (χ0v) is 15.1. The average molecular weight is 370 g/mol. The molecule has 0 N–H and O–H groups in total. The summed E-state index contributed by atoms with van der Waals surface area (Å²) in [6, 6.07) is 23.0. The molecule has 2 aliphatic rings. The molecule has 28 heavy (non-hydrogen) atoms. The Kier molecular flexibility index (Phi) is 4.09. The van der Waals surface area contributed by atoms with Gasteiger partial charge in [0.25, 0.3) is 0 Å². The first-order valence-corrected chi connectivity index (χ1v) is 9.22. The molecule has 0 aliphatic carbocycles. The molecule has 2 heterocycles. The predicted molar refractivity (Wildman–Crippen MR) is 106 cm³/mol. The van der Waals surface area contributed by atoms with Gasteiger partial charge in [0.15, 0.2) is 17.6 Å². The second-order valence-corrected chi connectivity index (χ2v) is 6.81. The molecule has 4 nitrogen and oxygen atoms in total. The minimum absolute atomic E-state index is 0.0403. The lowest BCUT2D eigenvalue weighted by molar-refractivity contribution is 0.0809. The Labute approximate surface area is 163 Å². The third-order valence-corrected chi connectivity index (χ3v) is 5.06. The highest BCUT2D eigenvalue weighted by atomic mass is 16.7. The molecule has 3 aromatic rings. The Bertz CT molecular complexity index is 1040. The first-order valence-electron chi connectivity index (χ1n) is 9.22. The normalized spacial score (nSPS) is 19.4. The molecule has 5 rings (SSSR count). The van der Waals surface area contributed by atoms with Gasteiger partial charge in [-0.25, -0.2) is 0 Å². The molecule has 0 radical (unpaired) electrons. The van der Waals surface area contributed by atoms with Crippen molar-refractivity contribution in [1.82, 2.24) is 0 Å². The summed E-state index contributed by atoms with van der Waals surface area (Å²) in [6.07, 6.45) is 3.44. The predicted octanol–water partition coefficient (Wildman–Crippen LogP) is 4.86. The van der Waals surface area contributed by atoms with Crippen LogP contribution in [0.3, 0.4) is 0 Å². The quantitative estimate of drug-likeness (QED) is 0.616. The molecule has 0 fully saturated rings. The number of carbonyl (C=O) groups excluding carboxylic acids is 1. The fourth-order valence-electron chi connectivity index (χ4n) is 3.64. The maximum Gasteiger partial charge on any atom is 0.231 e. The highest BCUT2D eigenvalue weighted by Crippen LogP contribution is 2.47. The van der Waals surface area contributed by atoms with Crippen molar-refractivity contribution in [2.45, 2.75) is 12.0 Å². The zero-order valence-electron chi connectivity index (χ0n) is 15.1. The molecular weight excluding hydrogens is 352 g/mol. The van der Waals surface area contributed by atoms with E-state index in [0.29, 0.717) is 22.8 Å². The molecule has 2 aliphatic heterocycles. The number of carbonyl (C=O) groups is 1. The second kappa shape index (κ2) is 6.89. The van der Waals surface area contributed by atoms with Gasteiger partial charge in [0, 0.05) is 17.2 Å². The van der Waals surface area contributed by atoms with E-state index in [1.165, 1.54) is 0 Å². The highest BCUT2D eigenvalue weighted by molar-refractivity contribution is 6.01. The standard InChI is InChI=1S/C24H18O4/c25-23(17-9-5-2-6-10-17)24-18(12-11-16-7-3-1-4-8-16)19-13-21-22(27-15-26-21)14-20(19)28-24/h1-14,18,24H,15H2/b12-11+/t18-,24-/m1/s1. The van der Waals surface area contributed by atoms with Gasteiger partial charge < -0.3 is 14.2 Å². The van der Waals surface area contributed by atoms with E-state index in [1.807, 2.05) is 84.9 Å². The molecule has 2 atom stereocenters. The molecule has 0 unspecified atom stereocenters. The first kappa shape index (κ1) is 16.6. The van der Waals surface area contributed by atoms with Gasteiger partial charge in [-0.2, -0.15) is 0 Å². The van der Waals surface area contributed by atoms with Crippen molar-refractivity contribution in [1.29, 1.82) is 0 Å². The van der Waals surface area contributed by atoms with E-state index in [4.69, 9.17) is 14.2 Å². The molecule has 0 aromatic heterocycles. The maximum atomic E-state index is 13.2. The summed E-state index contributed by atoms with van der Waals surface area (Å²) in [5.41, 5.74) is 2.65. The number of hydrogen-bond acceptors (Lipinski definition) is 4. The molecule has 0 saturated carbocycles. The summed E-state index contributed by atoms with van der Waals surface area (Å²) < 4.78 is 17.1. The van der Waals surface area contributed by atoms with Crippen molar-refractivity contribution in [3.63, 3.8) is 0 Å². The second-order valence-electron chi connectivity index (χ2n) is 6.81. The molecular formula is C24H18O4. The number of rotatable bonds is 4. The van der Waals surface area contributed by atoms with Gasteiger partial charge in [-0.15, -0.1) is 0 Å². The third-order valence-electron chi connectivity index (χ3n) is 5.06. The van der Waals surface area contributed by atoms with E-state index < -0.39 is 6.10 Å². The molecule has 138 valence electrons. The van der Waals surface area contributed by atoms with Crippen LogP contribution < -0.4 is 14.2 Å². The Morgan fingerprint density at radius 3 is 2.29 bits per heavy atom. The zero-order chi connectivity index (χ0) is 18.9. The van der Waals surface area contributed by atoms with Gasteiger partial charge in [-0.1, -0.05) is 72.8 Å². The van der Waals surface area contributed by atoms with E-state index in [9.17, 15) is 4.79 Å². The van der Waals surface area contributed by atoms with Crippen LogP contribution in [0.25, 0.3) is 6.08 Å². The summed E-state index contributed by atoms with van der Waals surface area (Å²) in [7, 11) is 0. The minimum atomic E-state index is -0.625. The summed E-state index contributed by atoms with van der Waals surface area (Å²) >= 11 is 0. The topological polar surface area (TPSA) is 44.8 Å². The average Bonchev–Trinajstić information content (AvgIpc) is 3.35. The fourth-order valence-corrected chi connectivity index (χ4v) is 3.64. The van der Waals surface area contributed by atoms with Gasteiger partial charge in [-0.05, 0) is 11.6 Å². The Hall–Kier alpha value is -3.53. The van der Waals surface area contributed by atoms with E-state index in [1.54, 1.807) is 0 Å². The van der Waals surface area contributed by atoms with Crippen molar-refractivity contribution < 1.29 is 19.0 Å². The number of benzene rings is 3. The van der Waals surface area contributed by atoms with Gasteiger partial charge >= 0.3 is 0 Å². The summed E-state index contributed by atoms with van der Waals surface area (Å²) in [6.45, 7) is 0.203. The molecule has 0 spiro atoms. The maximum absolute atomic E-state index is 13.2. The Balaban J connectivity index is 1.54. The van der Waals surface area contributed by atoms with Crippen molar-refractivity contribution >= 4 is 11.9 Å². The van der Waals surface area contributed by atoms with Crippen LogP contribution in [-0.2, 0) is 0 Å². The van der Waals surface area contributed by atoms with E-state index in [2.05, 4.69) is 0 Å². The van der Waals surface area contributed by atoms with Crippen LogP contribution in [-0.4, -0.2) is 18.7 Å². The van der Waals surface area contributed by atoms with Crippen molar-refractivity contribution in [2.75, 3.05) is 6.79 Å². The number of Topliss-reactive ketones (excluding diaryl/α,β-unsaturated/α-hetero) is 1. The number of fused-ring (bicyclic) bond motifs is 2. The smallest absolute Gasteiger partial charge is 0.231 e. The van der Waals surface area contributed by atoms with E-state index in [0.717, 1.165) is 11.1 Å². The molecule has 0 saturated heterocycles. The van der Waals surface area contributed by atoms with Gasteiger partial charge in [-0.3, -0.25) is 4.79 Å². The lowest BCUT2D eigenvalue weighted by Gasteiger charge is -2.15.